The fraction of sp³-hybridized carbons (Fsp3) is 0.250. The van der Waals surface area contributed by atoms with Gasteiger partial charge in [0, 0.05) is 22.8 Å². The second-order valence-electron chi connectivity index (χ2n) is 9.31. The van der Waals surface area contributed by atoms with Crippen molar-refractivity contribution in [2.45, 2.75) is 32.4 Å². The number of carbonyl (C=O) groups excluding carboxylic acids is 1. The van der Waals surface area contributed by atoms with Crippen molar-refractivity contribution in [3.8, 4) is 22.5 Å². The van der Waals surface area contributed by atoms with E-state index in [4.69, 9.17) is 20.8 Å². The van der Waals surface area contributed by atoms with Crippen LogP contribution in [0.25, 0.3) is 22.5 Å². The third kappa shape index (κ3) is 8.09. The molecule has 1 aromatic heterocycles. The van der Waals surface area contributed by atoms with Gasteiger partial charge < -0.3 is 19.6 Å². The van der Waals surface area contributed by atoms with Gasteiger partial charge in [0.05, 0.1) is 0 Å². The van der Waals surface area contributed by atoms with E-state index in [1.54, 1.807) is 6.07 Å². The monoisotopic (exact) mass is 584 g/mol. The van der Waals surface area contributed by atoms with Gasteiger partial charge in [0.2, 0.25) is 0 Å². The number of benzene rings is 3. The summed E-state index contributed by atoms with van der Waals surface area (Å²) in [5, 5.41) is 13.0. The van der Waals surface area contributed by atoms with Crippen LogP contribution in [0.5, 0.6) is 0 Å². The number of aliphatic carboxylic acids is 1. The Morgan fingerprint density at radius 1 is 1.02 bits per heavy atom. The van der Waals surface area contributed by atoms with E-state index >= 15 is 0 Å². The number of carboxylic acid groups (broad SMARTS) is 1. The van der Waals surface area contributed by atoms with E-state index in [0.29, 0.717) is 46.5 Å². The van der Waals surface area contributed by atoms with Gasteiger partial charge in [-0.1, -0.05) is 41.9 Å². The normalized spacial score (nSPS) is 12.3. The first-order valence-electron chi connectivity index (χ1n) is 13.0. The fourth-order valence-corrected chi connectivity index (χ4v) is 5.12. The van der Waals surface area contributed by atoms with Gasteiger partial charge in [-0.15, -0.1) is 0 Å². The molecule has 2 N–H and O–H groups in total. The summed E-state index contributed by atoms with van der Waals surface area (Å²) in [4.78, 5) is 25.3. The molecule has 0 fully saturated rings. The smallest absolute Gasteiger partial charge is 0.480 e. The Balaban J connectivity index is 0.00000462. The van der Waals surface area contributed by atoms with Crippen LogP contribution in [0.3, 0.4) is 0 Å². The zero-order valence-electron chi connectivity index (χ0n) is 23.6. The maximum absolute atomic E-state index is 13.4. The predicted octanol–water partition coefficient (Wildman–Crippen LogP) is 4.64. The molecule has 0 aliphatic heterocycles. The Kier molecular flexibility index (Phi) is 12.2. The molecular formula is C32H32ClLiNO5S+. The molecule has 1 heterocycles. The van der Waals surface area contributed by atoms with Crippen molar-refractivity contribution in [3.63, 3.8) is 0 Å². The largest absolute Gasteiger partial charge is 1.00 e. The average Bonchev–Trinajstić information content (AvgIpc) is 3.44. The van der Waals surface area contributed by atoms with E-state index in [1.165, 1.54) is 11.8 Å². The standard InChI is InChI=1S/C32H32ClNO5S.Li/c1-4-38-30(29-16-15-28(39-29)21-9-12-23(33)13-10-21)22-11-14-25(26(19-22)24-8-6-5-7-20(24)2)31(35)34-27(32(36)37)17-18-40-3;/h5-16,19,27,30H,4,17-18H2,1-3H3,(H,34,35)(H,36,37);/q;+1. The molecule has 0 saturated heterocycles. The van der Waals surface area contributed by atoms with Gasteiger partial charge in [0.25, 0.3) is 5.91 Å². The Hall–Kier alpha value is -2.92. The average molecular weight is 585 g/mol. The molecule has 1 amide bonds. The zero-order valence-corrected chi connectivity index (χ0v) is 25.2. The Labute approximate surface area is 262 Å². The molecule has 4 rings (SSSR count). The third-order valence-electron chi connectivity index (χ3n) is 6.59. The van der Waals surface area contributed by atoms with Gasteiger partial charge in [-0.05, 0) is 103 Å². The molecular weight excluding hydrogens is 553 g/mol. The molecule has 208 valence electrons. The first-order valence-corrected chi connectivity index (χ1v) is 14.8. The van der Waals surface area contributed by atoms with E-state index < -0.39 is 24.0 Å². The summed E-state index contributed by atoms with van der Waals surface area (Å²) in [6, 6.07) is 23.5. The van der Waals surface area contributed by atoms with E-state index in [0.717, 1.165) is 22.3 Å². The van der Waals surface area contributed by atoms with E-state index in [2.05, 4.69) is 5.32 Å². The van der Waals surface area contributed by atoms with Gasteiger partial charge in [0.1, 0.15) is 23.7 Å². The van der Waals surface area contributed by atoms with Crippen molar-refractivity contribution in [1.29, 1.82) is 0 Å². The van der Waals surface area contributed by atoms with Crippen LogP contribution in [0.1, 0.15) is 46.7 Å². The number of halogens is 1. The van der Waals surface area contributed by atoms with Crippen LogP contribution in [0.4, 0.5) is 0 Å². The second-order valence-corrected chi connectivity index (χ2v) is 10.7. The molecule has 0 spiro atoms. The molecule has 2 atom stereocenters. The van der Waals surface area contributed by atoms with Crippen LogP contribution in [-0.4, -0.2) is 41.6 Å². The number of ether oxygens (including phenoxy) is 1. The van der Waals surface area contributed by atoms with Crippen LogP contribution in [0.15, 0.2) is 83.3 Å². The molecule has 2 unspecified atom stereocenters. The third-order valence-corrected chi connectivity index (χ3v) is 7.48. The summed E-state index contributed by atoms with van der Waals surface area (Å²) in [7, 11) is 0. The quantitative estimate of drug-likeness (QED) is 0.236. The number of hydrogen-bond acceptors (Lipinski definition) is 5. The molecule has 0 radical (unpaired) electrons. The van der Waals surface area contributed by atoms with Crippen molar-refractivity contribution >= 4 is 35.2 Å². The maximum atomic E-state index is 13.4. The number of thioether (sulfide) groups is 1. The number of rotatable bonds is 12. The van der Waals surface area contributed by atoms with Crippen molar-refractivity contribution in [3.05, 3.63) is 106 Å². The summed E-state index contributed by atoms with van der Waals surface area (Å²) < 4.78 is 12.4. The van der Waals surface area contributed by atoms with Gasteiger partial charge in [-0.2, -0.15) is 11.8 Å². The summed E-state index contributed by atoms with van der Waals surface area (Å²) >= 11 is 7.58. The van der Waals surface area contributed by atoms with Crippen LogP contribution >= 0.6 is 23.4 Å². The number of furan rings is 1. The molecule has 6 nitrogen and oxygen atoms in total. The van der Waals surface area contributed by atoms with Gasteiger partial charge in [0.15, 0.2) is 0 Å². The van der Waals surface area contributed by atoms with Crippen molar-refractivity contribution in [2.75, 3.05) is 18.6 Å². The maximum Gasteiger partial charge on any atom is 1.00 e. The summed E-state index contributed by atoms with van der Waals surface area (Å²) in [5.41, 5.74) is 4.66. The molecule has 4 aromatic rings. The number of hydrogen-bond donors (Lipinski definition) is 2. The van der Waals surface area contributed by atoms with Crippen LogP contribution in [0, 0.1) is 6.92 Å². The molecule has 9 heteroatoms. The summed E-state index contributed by atoms with van der Waals surface area (Å²) in [5.74, 6) is 0.452. The first-order chi connectivity index (χ1) is 19.3. The fourth-order valence-electron chi connectivity index (χ4n) is 4.52. The topological polar surface area (TPSA) is 88.8 Å². The van der Waals surface area contributed by atoms with Crippen molar-refractivity contribution in [1.82, 2.24) is 5.32 Å². The van der Waals surface area contributed by atoms with Gasteiger partial charge in [-0.3, -0.25) is 4.79 Å². The molecule has 0 saturated carbocycles. The SMILES string of the molecule is CCOC(c1ccc(C(=O)NC(CCSC)C(=O)O)c(-c2ccccc2C)c1)c1ccc(-c2ccc(Cl)cc2)o1.[Li+]. The minimum Gasteiger partial charge on any atom is -0.480 e. The number of amides is 1. The van der Waals surface area contributed by atoms with Crippen molar-refractivity contribution in [2.24, 2.45) is 0 Å². The number of nitrogens with one attached hydrogen (secondary N) is 1. The predicted molar refractivity (Wildman–Crippen MR) is 161 cm³/mol. The van der Waals surface area contributed by atoms with Gasteiger partial charge in [-0.25, -0.2) is 4.79 Å². The second kappa shape index (κ2) is 15.3. The van der Waals surface area contributed by atoms with Gasteiger partial charge >= 0.3 is 24.8 Å². The Morgan fingerprint density at radius 2 is 1.76 bits per heavy atom. The Bertz CT molecular complexity index is 1470. The van der Waals surface area contributed by atoms with Crippen molar-refractivity contribution < 1.29 is 42.7 Å². The molecule has 0 aliphatic carbocycles. The number of aryl methyl sites for hydroxylation is 1. The number of carbonyl (C=O) groups is 2. The molecule has 41 heavy (non-hydrogen) atoms. The molecule has 3 aromatic carbocycles. The molecule has 0 aliphatic rings. The van der Waals surface area contributed by atoms with Crippen LogP contribution in [0.2, 0.25) is 5.02 Å². The molecule has 0 bridgehead atoms. The van der Waals surface area contributed by atoms with E-state index in [-0.39, 0.29) is 18.9 Å². The Morgan fingerprint density at radius 3 is 2.41 bits per heavy atom. The van der Waals surface area contributed by atoms with Crippen LogP contribution in [-0.2, 0) is 9.53 Å². The van der Waals surface area contributed by atoms with Crippen LogP contribution < -0.4 is 24.2 Å². The summed E-state index contributed by atoms with van der Waals surface area (Å²) in [6.07, 6.45) is 1.72. The van der Waals surface area contributed by atoms with E-state index in [1.807, 2.05) is 92.9 Å². The van der Waals surface area contributed by atoms with E-state index in [9.17, 15) is 14.7 Å². The first kappa shape index (κ1) is 32.6. The minimum absolute atomic E-state index is 0. The zero-order chi connectivity index (χ0) is 28.6. The number of carboxylic acids is 1. The summed E-state index contributed by atoms with van der Waals surface area (Å²) in [6.45, 7) is 4.34. The minimum atomic E-state index is -1.05.